The third-order valence-corrected chi connectivity index (χ3v) is 3.03. The van der Waals surface area contributed by atoms with Gasteiger partial charge in [-0.25, -0.2) is 4.79 Å². The molecule has 0 aliphatic carbocycles. The number of alkyl carbamates (subject to hydrolysis) is 1. The number of ether oxygens (including phenoxy) is 1. The number of halogens is 1. The van der Waals surface area contributed by atoms with Gasteiger partial charge in [-0.1, -0.05) is 53.8 Å². The Hall–Kier alpha value is -2.64. The van der Waals surface area contributed by atoms with Crippen molar-refractivity contribution < 1.29 is 14.6 Å². The van der Waals surface area contributed by atoms with Crippen LogP contribution in [0.1, 0.15) is 11.1 Å². The lowest BCUT2D eigenvalue weighted by molar-refractivity contribution is 0.141. The van der Waals surface area contributed by atoms with Crippen LogP contribution in [0.25, 0.3) is 0 Å². The van der Waals surface area contributed by atoms with E-state index in [9.17, 15) is 9.90 Å². The van der Waals surface area contributed by atoms with E-state index in [0.29, 0.717) is 5.56 Å². The molecule has 0 saturated carbocycles. The van der Waals surface area contributed by atoms with Gasteiger partial charge in [-0.2, -0.15) is 0 Å². The molecule has 5 heteroatoms. The van der Waals surface area contributed by atoms with E-state index in [4.69, 9.17) is 16.3 Å². The minimum atomic E-state index is -0.530. The van der Waals surface area contributed by atoms with Crippen molar-refractivity contribution in [1.82, 2.24) is 5.32 Å². The molecule has 2 rings (SSSR count). The van der Waals surface area contributed by atoms with Gasteiger partial charge >= 0.3 is 6.09 Å². The number of hydrogen-bond acceptors (Lipinski definition) is 3. The highest BCUT2D eigenvalue weighted by molar-refractivity contribution is 6.32. The van der Waals surface area contributed by atoms with E-state index in [1.165, 1.54) is 6.07 Å². The summed E-state index contributed by atoms with van der Waals surface area (Å²) in [4.78, 5) is 11.5. The highest BCUT2D eigenvalue weighted by Crippen LogP contribution is 2.22. The molecule has 0 aliphatic heterocycles. The first-order chi connectivity index (χ1) is 10.6. The molecule has 0 radical (unpaired) electrons. The Bertz CT molecular complexity index is 705. The van der Waals surface area contributed by atoms with Crippen molar-refractivity contribution in [3.05, 3.63) is 64.7 Å². The van der Waals surface area contributed by atoms with Gasteiger partial charge in [0.2, 0.25) is 0 Å². The Morgan fingerprint density at radius 2 is 2.00 bits per heavy atom. The lowest BCUT2D eigenvalue weighted by Crippen LogP contribution is -2.24. The van der Waals surface area contributed by atoms with Crippen LogP contribution in [0, 0.1) is 11.8 Å². The summed E-state index contributed by atoms with van der Waals surface area (Å²) in [6.07, 6.45) is -0.530. The quantitative estimate of drug-likeness (QED) is 0.854. The summed E-state index contributed by atoms with van der Waals surface area (Å²) in [6.45, 7) is 0.363. The predicted octanol–water partition coefficient (Wildman–Crippen LogP) is 3.32. The molecule has 0 aromatic heterocycles. The smallest absolute Gasteiger partial charge is 0.408 e. The van der Waals surface area contributed by atoms with Gasteiger partial charge < -0.3 is 15.2 Å². The molecule has 0 spiro atoms. The van der Waals surface area contributed by atoms with E-state index in [0.717, 1.165) is 5.56 Å². The number of carbonyl (C=O) groups excluding carboxylic acids is 1. The van der Waals surface area contributed by atoms with Gasteiger partial charge in [0.1, 0.15) is 12.4 Å². The third kappa shape index (κ3) is 5.04. The zero-order valence-corrected chi connectivity index (χ0v) is 12.4. The van der Waals surface area contributed by atoms with Crippen LogP contribution in [0.3, 0.4) is 0 Å². The number of phenolic OH excluding ortho intramolecular Hbond substituents is 1. The molecule has 4 nitrogen and oxygen atoms in total. The first-order valence-corrected chi connectivity index (χ1v) is 6.95. The van der Waals surface area contributed by atoms with E-state index in [1.807, 2.05) is 30.3 Å². The second kappa shape index (κ2) is 7.96. The number of amides is 1. The Balaban J connectivity index is 1.75. The van der Waals surface area contributed by atoms with Gasteiger partial charge in [-0.05, 0) is 23.8 Å². The maximum Gasteiger partial charge on any atom is 0.408 e. The second-order valence-electron chi connectivity index (χ2n) is 4.38. The molecular weight excluding hydrogens is 302 g/mol. The Morgan fingerprint density at radius 1 is 1.23 bits per heavy atom. The number of nitrogens with one attached hydrogen (secondary N) is 1. The van der Waals surface area contributed by atoms with Gasteiger partial charge in [0, 0.05) is 5.56 Å². The van der Waals surface area contributed by atoms with Gasteiger partial charge in [-0.15, -0.1) is 0 Å². The Morgan fingerprint density at radius 3 is 2.73 bits per heavy atom. The molecule has 22 heavy (non-hydrogen) atoms. The molecule has 0 atom stereocenters. The molecule has 112 valence electrons. The van der Waals surface area contributed by atoms with E-state index < -0.39 is 6.09 Å². The highest BCUT2D eigenvalue weighted by Gasteiger charge is 2.00. The lowest BCUT2D eigenvalue weighted by Gasteiger charge is -2.04. The fourth-order valence-electron chi connectivity index (χ4n) is 1.63. The number of aromatic hydroxyl groups is 1. The Kier molecular flexibility index (Phi) is 5.70. The van der Waals surface area contributed by atoms with Gasteiger partial charge in [0.25, 0.3) is 0 Å². The summed E-state index contributed by atoms with van der Waals surface area (Å²) in [5, 5.41) is 12.2. The largest absolute Gasteiger partial charge is 0.506 e. The molecule has 1 amide bonds. The van der Waals surface area contributed by atoms with Crippen molar-refractivity contribution in [2.75, 3.05) is 6.54 Å². The average molecular weight is 316 g/mol. The van der Waals surface area contributed by atoms with Gasteiger partial charge in [0.15, 0.2) is 0 Å². The zero-order valence-electron chi connectivity index (χ0n) is 11.7. The monoisotopic (exact) mass is 315 g/mol. The standard InChI is InChI=1S/C17H14ClNO3/c18-15-9-8-13(11-16(15)20)7-4-10-19-17(21)22-12-14-5-2-1-3-6-14/h1-3,5-6,8-9,11,20H,10,12H2,(H,19,21). The van der Waals surface area contributed by atoms with Crippen LogP contribution in [0.2, 0.25) is 5.02 Å². The molecule has 0 fully saturated rings. The van der Waals surface area contributed by atoms with Crippen LogP contribution in [0.5, 0.6) is 5.75 Å². The van der Waals surface area contributed by atoms with Crippen molar-refractivity contribution >= 4 is 17.7 Å². The molecule has 2 N–H and O–H groups in total. The fourth-order valence-corrected chi connectivity index (χ4v) is 1.74. The van der Waals surface area contributed by atoms with Crippen molar-refractivity contribution in [3.63, 3.8) is 0 Å². The fraction of sp³-hybridized carbons (Fsp3) is 0.118. The normalized spacial score (nSPS) is 9.50. The molecule has 2 aromatic carbocycles. The lowest BCUT2D eigenvalue weighted by atomic mass is 10.2. The van der Waals surface area contributed by atoms with Crippen LogP contribution in [-0.2, 0) is 11.3 Å². The van der Waals surface area contributed by atoms with Gasteiger partial charge in [-0.3, -0.25) is 0 Å². The summed E-state index contributed by atoms with van der Waals surface area (Å²) in [6, 6.07) is 14.1. The number of rotatable bonds is 3. The van der Waals surface area contributed by atoms with Crippen molar-refractivity contribution in [2.24, 2.45) is 0 Å². The first-order valence-electron chi connectivity index (χ1n) is 6.57. The Labute approximate surface area is 133 Å². The van der Waals surface area contributed by atoms with Crippen LogP contribution in [0.15, 0.2) is 48.5 Å². The van der Waals surface area contributed by atoms with Crippen molar-refractivity contribution in [1.29, 1.82) is 0 Å². The first kappa shape index (κ1) is 15.7. The summed E-state index contributed by atoms with van der Waals surface area (Å²) < 4.78 is 5.04. The van der Waals surface area contributed by atoms with Crippen molar-refractivity contribution in [3.8, 4) is 17.6 Å². The highest BCUT2D eigenvalue weighted by atomic mass is 35.5. The minimum Gasteiger partial charge on any atom is -0.506 e. The summed E-state index contributed by atoms with van der Waals surface area (Å²) >= 11 is 5.70. The maximum absolute atomic E-state index is 11.5. The summed E-state index contributed by atoms with van der Waals surface area (Å²) in [7, 11) is 0. The van der Waals surface area contributed by atoms with Crippen LogP contribution < -0.4 is 5.32 Å². The number of phenols is 1. The number of benzene rings is 2. The van der Waals surface area contributed by atoms with Crippen molar-refractivity contribution in [2.45, 2.75) is 6.61 Å². The van der Waals surface area contributed by atoms with E-state index in [2.05, 4.69) is 17.2 Å². The van der Waals surface area contributed by atoms with Crippen LogP contribution >= 0.6 is 11.6 Å². The van der Waals surface area contributed by atoms with E-state index in [-0.39, 0.29) is 23.9 Å². The molecule has 0 saturated heterocycles. The number of carbonyl (C=O) groups is 1. The minimum absolute atomic E-state index is 0.0244. The van der Waals surface area contributed by atoms with E-state index >= 15 is 0 Å². The summed E-state index contributed by atoms with van der Waals surface area (Å²) in [5.41, 5.74) is 1.53. The molecule has 2 aromatic rings. The molecular formula is C17H14ClNO3. The zero-order chi connectivity index (χ0) is 15.8. The van der Waals surface area contributed by atoms with E-state index in [1.54, 1.807) is 12.1 Å². The number of hydrogen-bond donors (Lipinski definition) is 2. The van der Waals surface area contributed by atoms with Gasteiger partial charge in [0.05, 0.1) is 11.6 Å². The predicted molar refractivity (Wildman–Crippen MR) is 84.6 cm³/mol. The van der Waals surface area contributed by atoms with Crippen LogP contribution in [0.4, 0.5) is 4.79 Å². The molecule has 0 unspecified atom stereocenters. The summed E-state index contributed by atoms with van der Waals surface area (Å²) in [5.74, 6) is 5.54. The SMILES string of the molecule is O=C(NCC#Cc1ccc(Cl)c(O)c1)OCc1ccccc1. The topological polar surface area (TPSA) is 58.6 Å². The maximum atomic E-state index is 11.5. The second-order valence-corrected chi connectivity index (χ2v) is 4.79. The molecule has 0 bridgehead atoms. The molecule has 0 aliphatic rings. The third-order valence-electron chi connectivity index (χ3n) is 2.71. The average Bonchev–Trinajstić information content (AvgIpc) is 2.54. The van der Waals surface area contributed by atoms with Crippen LogP contribution in [-0.4, -0.2) is 17.7 Å². The molecule has 0 heterocycles.